The van der Waals surface area contributed by atoms with Gasteiger partial charge in [-0.05, 0) is 25.2 Å². The van der Waals surface area contributed by atoms with Crippen LogP contribution in [0.3, 0.4) is 0 Å². The zero-order valence-corrected chi connectivity index (χ0v) is 5.97. The molecule has 0 radical (unpaired) electrons. The van der Waals surface area contributed by atoms with Gasteiger partial charge in [-0.1, -0.05) is 13.3 Å². The third-order valence-corrected chi connectivity index (χ3v) is 2.35. The van der Waals surface area contributed by atoms with Crippen molar-refractivity contribution in [2.45, 2.75) is 32.6 Å². The Morgan fingerprint density at radius 3 is 2.67 bits per heavy atom. The zero-order chi connectivity index (χ0) is 6.69. The van der Waals surface area contributed by atoms with Crippen LogP contribution in [0.2, 0.25) is 0 Å². The summed E-state index contributed by atoms with van der Waals surface area (Å²) in [5.74, 6) is 1.25. The number of carbonyl (C=O) groups is 1. The molecule has 1 fully saturated rings. The van der Waals surface area contributed by atoms with Gasteiger partial charge in [0.15, 0.2) is 0 Å². The average Bonchev–Trinajstić information content (AvgIpc) is 2.34. The van der Waals surface area contributed by atoms with E-state index in [1.165, 1.54) is 12.8 Å². The normalized spacial score (nSPS) is 34.8. The van der Waals surface area contributed by atoms with Crippen LogP contribution in [-0.4, -0.2) is 6.29 Å². The highest BCUT2D eigenvalue weighted by Crippen LogP contribution is 2.31. The Morgan fingerprint density at radius 2 is 2.33 bits per heavy atom. The van der Waals surface area contributed by atoms with Crippen LogP contribution in [0.15, 0.2) is 0 Å². The van der Waals surface area contributed by atoms with E-state index in [1.807, 2.05) is 0 Å². The van der Waals surface area contributed by atoms with Gasteiger partial charge in [-0.2, -0.15) is 0 Å². The molecule has 1 heteroatoms. The van der Waals surface area contributed by atoms with Crippen molar-refractivity contribution in [3.05, 3.63) is 0 Å². The molecular weight excluding hydrogens is 112 g/mol. The molecule has 52 valence electrons. The van der Waals surface area contributed by atoms with Gasteiger partial charge in [-0.25, -0.2) is 0 Å². The minimum atomic E-state index is 0.398. The first-order chi connectivity index (χ1) is 4.36. The molecule has 0 heterocycles. The second kappa shape index (κ2) is 3.00. The minimum absolute atomic E-state index is 0.398. The molecule has 1 saturated carbocycles. The van der Waals surface area contributed by atoms with E-state index in [0.29, 0.717) is 5.92 Å². The molecule has 0 amide bonds. The lowest BCUT2D eigenvalue weighted by Gasteiger charge is -2.01. The third kappa shape index (κ3) is 1.54. The van der Waals surface area contributed by atoms with E-state index in [-0.39, 0.29) is 0 Å². The van der Waals surface area contributed by atoms with Crippen LogP contribution in [-0.2, 0) is 4.79 Å². The van der Waals surface area contributed by atoms with Crippen molar-refractivity contribution in [2.75, 3.05) is 0 Å². The van der Waals surface area contributed by atoms with Gasteiger partial charge in [0.05, 0.1) is 0 Å². The summed E-state index contributed by atoms with van der Waals surface area (Å²) < 4.78 is 0. The molecule has 0 N–H and O–H groups in total. The topological polar surface area (TPSA) is 17.1 Å². The molecule has 0 bridgehead atoms. The summed E-state index contributed by atoms with van der Waals surface area (Å²) in [4.78, 5) is 10.3. The Bertz CT molecular complexity index is 98.7. The fourth-order valence-electron chi connectivity index (χ4n) is 1.61. The van der Waals surface area contributed by atoms with E-state index < -0.39 is 0 Å². The SMILES string of the molecule is CC[C@@H]1CC[C@@H](C=O)C1. The molecule has 1 aliphatic carbocycles. The predicted octanol–water partition coefficient (Wildman–Crippen LogP) is 2.01. The Hall–Kier alpha value is -0.330. The highest BCUT2D eigenvalue weighted by Gasteiger charge is 2.21. The minimum Gasteiger partial charge on any atom is -0.303 e. The van der Waals surface area contributed by atoms with Crippen LogP contribution in [0, 0.1) is 11.8 Å². The number of hydrogen-bond donors (Lipinski definition) is 0. The highest BCUT2D eigenvalue weighted by atomic mass is 16.1. The van der Waals surface area contributed by atoms with Crippen LogP contribution in [0.25, 0.3) is 0 Å². The van der Waals surface area contributed by atoms with E-state index >= 15 is 0 Å². The molecular formula is C8H14O. The van der Waals surface area contributed by atoms with E-state index in [4.69, 9.17) is 0 Å². The van der Waals surface area contributed by atoms with Crippen LogP contribution in [0.4, 0.5) is 0 Å². The largest absolute Gasteiger partial charge is 0.303 e. The maximum Gasteiger partial charge on any atom is 0.123 e. The number of carbonyl (C=O) groups excluding carboxylic acids is 1. The summed E-state index contributed by atoms with van der Waals surface area (Å²) in [6, 6.07) is 0. The lowest BCUT2D eigenvalue weighted by Crippen LogP contribution is -1.95. The first-order valence-electron chi connectivity index (χ1n) is 3.82. The van der Waals surface area contributed by atoms with Crippen LogP contribution in [0.1, 0.15) is 32.6 Å². The monoisotopic (exact) mass is 126 g/mol. The lowest BCUT2D eigenvalue weighted by atomic mass is 10.0. The summed E-state index contributed by atoms with van der Waals surface area (Å²) in [6.45, 7) is 2.21. The molecule has 0 aromatic carbocycles. The first kappa shape index (κ1) is 6.79. The van der Waals surface area contributed by atoms with Crippen LogP contribution in [0.5, 0.6) is 0 Å². The fourth-order valence-corrected chi connectivity index (χ4v) is 1.61. The van der Waals surface area contributed by atoms with Crippen molar-refractivity contribution in [3.8, 4) is 0 Å². The summed E-state index contributed by atoms with van der Waals surface area (Å²) in [5, 5.41) is 0. The van der Waals surface area contributed by atoms with Crippen molar-refractivity contribution >= 4 is 6.29 Å². The molecule has 2 atom stereocenters. The Balaban J connectivity index is 2.28. The maximum absolute atomic E-state index is 10.3. The second-order valence-corrected chi connectivity index (χ2v) is 2.98. The summed E-state index contributed by atoms with van der Waals surface area (Å²) in [6.07, 6.45) is 5.95. The summed E-state index contributed by atoms with van der Waals surface area (Å²) in [5.41, 5.74) is 0. The molecule has 0 aromatic heterocycles. The number of hydrogen-bond acceptors (Lipinski definition) is 1. The van der Waals surface area contributed by atoms with Gasteiger partial charge in [0, 0.05) is 5.92 Å². The van der Waals surface area contributed by atoms with Crippen molar-refractivity contribution in [3.63, 3.8) is 0 Å². The molecule has 0 spiro atoms. The Morgan fingerprint density at radius 1 is 1.56 bits per heavy atom. The van der Waals surface area contributed by atoms with Gasteiger partial charge in [-0.3, -0.25) is 0 Å². The van der Waals surface area contributed by atoms with Gasteiger partial charge in [0.1, 0.15) is 6.29 Å². The smallest absolute Gasteiger partial charge is 0.123 e. The quantitative estimate of drug-likeness (QED) is 0.517. The van der Waals surface area contributed by atoms with E-state index in [9.17, 15) is 4.79 Å². The third-order valence-electron chi connectivity index (χ3n) is 2.35. The average molecular weight is 126 g/mol. The van der Waals surface area contributed by atoms with E-state index in [0.717, 1.165) is 25.0 Å². The van der Waals surface area contributed by atoms with E-state index in [2.05, 4.69) is 6.92 Å². The summed E-state index contributed by atoms with van der Waals surface area (Å²) in [7, 11) is 0. The van der Waals surface area contributed by atoms with Crippen molar-refractivity contribution < 1.29 is 4.79 Å². The Labute approximate surface area is 56.4 Å². The predicted molar refractivity (Wildman–Crippen MR) is 37.2 cm³/mol. The highest BCUT2D eigenvalue weighted by molar-refractivity contribution is 5.53. The molecule has 1 nitrogen and oxygen atoms in total. The lowest BCUT2D eigenvalue weighted by molar-refractivity contribution is -0.110. The number of rotatable bonds is 2. The van der Waals surface area contributed by atoms with Gasteiger partial charge in [0.2, 0.25) is 0 Å². The molecule has 1 aliphatic rings. The second-order valence-electron chi connectivity index (χ2n) is 2.98. The maximum atomic E-state index is 10.3. The van der Waals surface area contributed by atoms with Gasteiger partial charge >= 0.3 is 0 Å². The van der Waals surface area contributed by atoms with Gasteiger partial charge < -0.3 is 4.79 Å². The number of aldehydes is 1. The molecule has 1 rings (SSSR count). The van der Waals surface area contributed by atoms with Crippen LogP contribution < -0.4 is 0 Å². The molecule has 9 heavy (non-hydrogen) atoms. The summed E-state index contributed by atoms with van der Waals surface area (Å²) >= 11 is 0. The van der Waals surface area contributed by atoms with Crippen molar-refractivity contribution in [1.82, 2.24) is 0 Å². The van der Waals surface area contributed by atoms with E-state index in [1.54, 1.807) is 0 Å². The molecule has 0 unspecified atom stereocenters. The fraction of sp³-hybridized carbons (Fsp3) is 0.875. The standard InChI is InChI=1S/C8H14O/c1-2-7-3-4-8(5-7)6-9/h6-8H,2-5H2,1H3/t7-,8-/m1/s1. The molecule has 0 aliphatic heterocycles. The Kier molecular flexibility index (Phi) is 2.26. The molecule has 0 aromatic rings. The van der Waals surface area contributed by atoms with Gasteiger partial charge in [-0.15, -0.1) is 0 Å². The van der Waals surface area contributed by atoms with Crippen LogP contribution >= 0.6 is 0 Å². The molecule has 0 saturated heterocycles. The van der Waals surface area contributed by atoms with Crippen molar-refractivity contribution in [1.29, 1.82) is 0 Å². The van der Waals surface area contributed by atoms with Crippen molar-refractivity contribution in [2.24, 2.45) is 11.8 Å². The zero-order valence-electron chi connectivity index (χ0n) is 5.97. The van der Waals surface area contributed by atoms with Gasteiger partial charge in [0.25, 0.3) is 0 Å². The first-order valence-corrected chi connectivity index (χ1v) is 3.82.